The highest BCUT2D eigenvalue weighted by Gasteiger charge is 2.42. The first-order valence-corrected chi connectivity index (χ1v) is 5.79. The lowest BCUT2D eigenvalue weighted by Crippen LogP contribution is -2.48. The molecule has 0 aliphatic carbocycles. The van der Waals surface area contributed by atoms with Gasteiger partial charge in [0, 0.05) is 0 Å². The number of hydrogen-bond acceptors (Lipinski definition) is 2. The third kappa shape index (κ3) is 2.05. The van der Waals surface area contributed by atoms with E-state index >= 15 is 0 Å². The zero-order chi connectivity index (χ0) is 12.5. The minimum Gasteiger partial charge on any atom is -0.480 e. The third-order valence-corrected chi connectivity index (χ3v) is 3.56. The summed E-state index contributed by atoms with van der Waals surface area (Å²) in [6.07, 6.45) is 2.04. The molecule has 0 amide bonds. The summed E-state index contributed by atoms with van der Waals surface area (Å²) < 4.78 is 12.9. The Labute approximate surface area is 99.9 Å². The maximum Gasteiger partial charge on any atom is 0.328 e. The number of rotatable bonds is 3. The van der Waals surface area contributed by atoms with Crippen LogP contribution in [0.5, 0.6) is 0 Å². The van der Waals surface area contributed by atoms with Gasteiger partial charge in [-0.2, -0.15) is 0 Å². The Morgan fingerprint density at radius 2 is 1.82 bits per heavy atom. The van der Waals surface area contributed by atoms with Crippen molar-refractivity contribution in [3.8, 4) is 0 Å². The van der Waals surface area contributed by atoms with Gasteiger partial charge in [-0.05, 0) is 50.6 Å². The molecule has 1 saturated heterocycles. The number of likely N-dealkylation sites (tertiary alicyclic amines) is 1. The quantitative estimate of drug-likeness (QED) is 0.876. The number of halogens is 1. The number of benzene rings is 1. The van der Waals surface area contributed by atoms with Gasteiger partial charge in [0.2, 0.25) is 0 Å². The van der Waals surface area contributed by atoms with E-state index in [9.17, 15) is 14.3 Å². The van der Waals surface area contributed by atoms with Gasteiger partial charge in [0.1, 0.15) is 11.4 Å². The normalized spacial score (nSPS) is 20.1. The van der Waals surface area contributed by atoms with Gasteiger partial charge < -0.3 is 5.11 Å². The van der Waals surface area contributed by atoms with Crippen LogP contribution in [-0.4, -0.2) is 29.1 Å². The van der Waals surface area contributed by atoms with E-state index in [1.54, 1.807) is 19.1 Å². The standard InChI is InChI=1S/C13H16FNO2/c1-13(12(16)17,15-8-2-3-9-15)10-4-6-11(14)7-5-10/h4-7H,2-3,8-9H2,1H3,(H,16,17)/t13-/m1/s1. The number of nitrogens with zero attached hydrogens (tertiary/aromatic N) is 1. The molecule has 0 bridgehead atoms. The molecule has 1 heterocycles. The fourth-order valence-corrected chi connectivity index (χ4v) is 2.38. The molecule has 0 aromatic heterocycles. The Bertz CT molecular complexity index is 412. The Balaban J connectivity index is 2.39. The molecule has 0 spiro atoms. The molecular weight excluding hydrogens is 221 g/mol. The van der Waals surface area contributed by atoms with Crippen LogP contribution < -0.4 is 0 Å². The zero-order valence-corrected chi connectivity index (χ0v) is 9.82. The van der Waals surface area contributed by atoms with Gasteiger partial charge in [0.25, 0.3) is 0 Å². The highest BCUT2D eigenvalue weighted by atomic mass is 19.1. The second kappa shape index (κ2) is 4.45. The highest BCUT2D eigenvalue weighted by Crippen LogP contribution is 2.31. The monoisotopic (exact) mass is 237 g/mol. The van der Waals surface area contributed by atoms with E-state index in [0.717, 1.165) is 25.9 Å². The molecule has 3 nitrogen and oxygen atoms in total. The van der Waals surface area contributed by atoms with Gasteiger partial charge in [-0.15, -0.1) is 0 Å². The second-order valence-electron chi connectivity index (χ2n) is 4.58. The van der Waals surface area contributed by atoms with E-state index in [1.807, 2.05) is 4.90 Å². The summed E-state index contributed by atoms with van der Waals surface area (Å²) in [5.74, 6) is -1.23. The second-order valence-corrected chi connectivity index (χ2v) is 4.58. The van der Waals surface area contributed by atoms with E-state index in [0.29, 0.717) is 5.56 Å². The largest absolute Gasteiger partial charge is 0.480 e. The van der Waals surface area contributed by atoms with Crippen molar-refractivity contribution in [1.82, 2.24) is 4.90 Å². The van der Waals surface area contributed by atoms with Gasteiger partial charge in [-0.3, -0.25) is 4.90 Å². The number of hydrogen-bond donors (Lipinski definition) is 1. The molecule has 1 aromatic carbocycles. The number of carboxylic acid groups (broad SMARTS) is 1. The molecular formula is C13H16FNO2. The van der Waals surface area contributed by atoms with Crippen molar-refractivity contribution in [2.45, 2.75) is 25.3 Å². The SMILES string of the molecule is C[C@](C(=O)O)(c1ccc(F)cc1)N1CCCC1. The fraction of sp³-hybridized carbons (Fsp3) is 0.462. The van der Waals surface area contributed by atoms with E-state index in [2.05, 4.69) is 0 Å². The van der Waals surface area contributed by atoms with Crippen molar-refractivity contribution in [3.05, 3.63) is 35.6 Å². The first-order chi connectivity index (χ1) is 8.05. The number of carboxylic acids is 1. The van der Waals surface area contributed by atoms with Crippen molar-refractivity contribution in [2.24, 2.45) is 0 Å². The minimum atomic E-state index is -1.05. The van der Waals surface area contributed by atoms with E-state index in [4.69, 9.17) is 0 Å². The van der Waals surface area contributed by atoms with Crippen LogP contribution >= 0.6 is 0 Å². The number of aliphatic carboxylic acids is 1. The molecule has 1 aromatic rings. The summed E-state index contributed by atoms with van der Waals surface area (Å²) in [6, 6.07) is 5.74. The van der Waals surface area contributed by atoms with Crippen LogP contribution in [0, 0.1) is 5.82 Å². The van der Waals surface area contributed by atoms with Crippen LogP contribution in [0.4, 0.5) is 4.39 Å². The molecule has 4 heteroatoms. The highest BCUT2D eigenvalue weighted by molar-refractivity contribution is 5.80. The molecule has 0 saturated carbocycles. The van der Waals surface area contributed by atoms with Crippen LogP contribution in [0.2, 0.25) is 0 Å². The molecule has 1 aliphatic heterocycles. The van der Waals surface area contributed by atoms with Crippen LogP contribution in [0.15, 0.2) is 24.3 Å². The summed E-state index contributed by atoms with van der Waals surface area (Å²) in [5, 5.41) is 9.48. The van der Waals surface area contributed by atoms with Gasteiger partial charge in [-0.1, -0.05) is 12.1 Å². The summed E-state index contributed by atoms with van der Waals surface area (Å²) in [7, 11) is 0. The van der Waals surface area contributed by atoms with Crippen LogP contribution in [-0.2, 0) is 10.3 Å². The predicted molar refractivity (Wildman–Crippen MR) is 62.2 cm³/mol. The fourth-order valence-electron chi connectivity index (χ4n) is 2.38. The lowest BCUT2D eigenvalue weighted by atomic mass is 9.90. The lowest BCUT2D eigenvalue weighted by molar-refractivity contribution is -0.150. The van der Waals surface area contributed by atoms with E-state index in [-0.39, 0.29) is 5.82 Å². The first kappa shape index (κ1) is 12.0. The average molecular weight is 237 g/mol. The average Bonchev–Trinajstić information content (AvgIpc) is 2.82. The van der Waals surface area contributed by atoms with E-state index in [1.165, 1.54) is 12.1 Å². The Morgan fingerprint density at radius 3 is 2.29 bits per heavy atom. The van der Waals surface area contributed by atoms with Gasteiger partial charge in [-0.25, -0.2) is 9.18 Å². The minimum absolute atomic E-state index is 0.345. The van der Waals surface area contributed by atoms with Gasteiger partial charge in [0.15, 0.2) is 0 Å². The van der Waals surface area contributed by atoms with Crippen molar-refractivity contribution in [2.75, 3.05) is 13.1 Å². The molecule has 0 radical (unpaired) electrons. The van der Waals surface area contributed by atoms with Crippen molar-refractivity contribution < 1.29 is 14.3 Å². The number of carbonyl (C=O) groups is 1. The molecule has 2 rings (SSSR count). The Kier molecular flexibility index (Phi) is 3.15. The molecule has 92 valence electrons. The molecule has 1 aliphatic rings. The Hall–Kier alpha value is -1.42. The predicted octanol–water partition coefficient (Wildman–Crippen LogP) is 2.22. The molecule has 17 heavy (non-hydrogen) atoms. The molecule has 0 unspecified atom stereocenters. The third-order valence-electron chi connectivity index (χ3n) is 3.56. The van der Waals surface area contributed by atoms with Crippen molar-refractivity contribution in [1.29, 1.82) is 0 Å². The summed E-state index contributed by atoms with van der Waals surface area (Å²) in [6.45, 7) is 3.24. The maximum atomic E-state index is 12.9. The summed E-state index contributed by atoms with van der Waals surface area (Å²) >= 11 is 0. The smallest absolute Gasteiger partial charge is 0.328 e. The zero-order valence-electron chi connectivity index (χ0n) is 9.82. The van der Waals surface area contributed by atoms with Gasteiger partial charge in [0.05, 0.1) is 0 Å². The Morgan fingerprint density at radius 1 is 1.29 bits per heavy atom. The van der Waals surface area contributed by atoms with Crippen LogP contribution in [0.25, 0.3) is 0 Å². The topological polar surface area (TPSA) is 40.5 Å². The van der Waals surface area contributed by atoms with Crippen LogP contribution in [0.3, 0.4) is 0 Å². The van der Waals surface area contributed by atoms with Gasteiger partial charge >= 0.3 is 5.97 Å². The lowest BCUT2D eigenvalue weighted by Gasteiger charge is -2.35. The van der Waals surface area contributed by atoms with Crippen molar-refractivity contribution >= 4 is 5.97 Å². The maximum absolute atomic E-state index is 12.9. The molecule has 1 N–H and O–H groups in total. The first-order valence-electron chi connectivity index (χ1n) is 5.79. The van der Waals surface area contributed by atoms with E-state index < -0.39 is 11.5 Å². The molecule has 1 fully saturated rings. The molecule has 1 atom stereocenters. The van der Waals surface area contributed by atoms with Crippen LogP contribution in [0.1, 0.15) is 25.3 Å². The summed E-state index contributed by atoms with van der Waals surface area (Å²) in [4.78, 5) is 13.5. The summed E-state index contributed by atoms with van der Waals surface area (Å²) in [5.41, 5.74) is -0.419. The van der Waals surface area contributed by atoms with Crippen molar-refractivity contribution in [3.63, 3.8) is 0 Å².